The lowest BCUT2D eigenvalue weighted by molar-refractivity contribution is -0.00272. The Kier molecular flexibility index (Phi) is 2.11. The lowest BCUT2D eigenvalue weighted by Gasteiger charge is -2.42. The van der Waals surface area contributed by atoms with Crippen LogP contribution in [0.1, 0.15) is 12.8 Å². The third-order valence-corrected chi connectivity index (χ3v) is 2.76. The summed E-state index contributed by atoms with van der Waals surface area (Å²) in [5, 5.41) is 12.4. The van der Waals surface area contributed by atoms with Crippen LogP contribution in [0.4, 0.5) is 0 Å². The van der Waals surface area contributed by atoms with Crippen LogP contribution in [0.25, 0.3) is 0 Å². The van der Waals surface area contributed by atoms with E-state index in [9.17, 15) is 0 Å². The van der Waals surface area contributed by atoms with E-state index in [2.05, 4.69) is 10.2 Å². The van der Waals surface area contributed by atoms with Crippen molar-refractivity contribution in [2.75, 3.05) is 26.2 Å². The van der Waals surface area contributed by atoms with E-state index in [-0.39, 0.29) is 6.10 Å². The average molecular weight is 156 g/mol. The second-order valence-corrected chi connectivity index (χ2v) is 3.57. The van der Waals surface area contributed by atoms with Gasteiger partial charge in [0.05, 0.1) is 6.10 Å². The number of piperazine rings is 1. The summed E-state index contributed by atoms with van der Waals surface area (Å²) >= 11 is 0. The van der Waals surface area contributed by atoms with Crippen molar-refractivity contribution in [1.82, 2.24) is 10.2 Å². The summed E-state index contributed by atoms with van der Waals surface area (Å²) in [4.78, 5) is 2.49. The van der Waals surface area contributed by atoms with Gasteiger partial charge in [0, 0.05) is 32.2 Å². The first-order valence-electron chi connectivity index (χ1n) is 4.49. The zero-order chi connectivity index (χ0) is 7.68. The predicted octanol–water partition coefficient (Wildman–Crippen LogP) is -0.585. The number of aliphatic hydroxyl groups is 1. The van der Waals surface area contributed by atoms with Crippen molar-refractivity contribution >= 4 is 0 Å². The van der Waals surface area contributed by atoms with Crippen molar-refractivity contribution in [1.29, 1.82) is 0 Å². The fourth-order valence-electron chi connectivity index (χ4n) is 1.90. The molecule has 0 aromatic heterocycles. The van der Waals surface area contributed by atoms with Crippen molar-refractivity contribution in [2.45, 2.75) is 25.0 Å². The highest BCUT2D eigenvalue weighted by atomic mass is 16.3. The van der Waals surface area contributed by atoms with Crippen molar-refractivity contribution in [3.8, 4) is 0 Å². The third kappa shape index (κ3) is 1.55. The fraction of sp³-hybridized carbons (Fsp3) is 1.00. The monoisotopic (exact) mass is 156 g/mol. The molecule has 1 aliphatic carbocycles. The molecule has 0 spiro atoms. The molecule has 0 unspecified atom stereocenters. The molecule has 1 saturated heterocycles. The maximum absolute atomic E-state index is 9.11. The van der Waals surface area contributed by atoms with Gasteiger partial charge >= 0.3 is 0 Å². The summed E-state index contributed by atoms with van der Waals surface area (Å²) in [6.07, 6.45) is 2.00. The van der Waals surface area contributed by atoms with Crippen LogP contribution in [0.15, 0.2) is 0 Å². The van der Waals surface area contributed by atoms with Gasteiger partial charge in [0.2, 0.25) is 0 Å². The van der Waals surface area contributed by atoms with Gasteiger partial charge < -0.3 is 10.4 Å². The highest BCUT2D eigenvalue weighted by molar-refractivity contribution is 4.88. The van der Waals surface area contributed by atoms with Gasteiger partial charge in [-0.2, -0.15) is 0 Å². The smallest absolute Gasteiger partial charge is 0.0570 e. The van der Waals surface area contributed by atoms with Crippen LogP contribution >= 0.6 is 0 Å². The molecule has 2 fully saturated rings. The van der Waals surface area contributed by atoms with Gasteiger partial charge in [-0.1, -0.05) is 0 Å². The Morgan fingerprint density at radius 1 is 1.18 bits per heavy atom. The van der Waals surface area contributed by atoms with E-state index >= 15 is 0 Å². The minimum atomic E-state index is -0.00474. The molecule has 2 aliphatic rings. The number of hydrogen-bond donors (Lipinski definition) is 2. The zero-order valence-electron chi connectivity index (χ0n) is 6.79. The maximum atomic E-state index is 9.11. The minimum Gasteiger partial charge on any atom is -0.393 e. The SMILES string of the molecule is O[C@H]1C[C@@H](N2CCNCC2)C1. The Bertz CT molecular complexity index is 128. The molecule has 2 rings (SSSR count). The summed E-state index contributed by atoms with van der Waals surface area (Å²) in [5.41, 5.74) is 0. The first-order valence-corrected chi connectivity index (χ1v) is 4.49. The Morgan fingerprint density at radius 3 is 2.36 bits per heavy atom. The van der Waals surface area contributed by atoms with Crippen molar-refractivity contribution in [3.63, 3.8) is 0 Å². The van der Waals surface area contributed by atoms with Gasteiger partial charge in [-0.25, -0.2) is 0 Å². The number of nitrogens with zero attached hydrogens (tertiary/aromatic N) is 1. The average Bonchev–Trinajstić information content (AvgIpc) is 2.01. The van der Waals surface area contributed by atoms with Crippen LogP contribution in [0.5, 0.6) is 0 Å². The first-order chi connectivity index (χ1) is 5.36. The molecule has 3 nitrogen and oxygen atoms in total. The van der Waals surface area contributed by atoms with E-state index < -0.39 is 0 Å². The van der Waals surface area contributed by atoms with E-state index in [1.807, 2.05) is 0 Å². The van der Waals surface area contributed by atoms with Gasteiger partial charge in [-0.15, -0.1) is 0 Å². The second-order valence-electron chi connectivity index (χ2n) is 3.57. The highest BCUT2D eigenvalue weighted by Crippen LogP contribution is 2.25. The molecule has 3 heteroatoms. The molecule has 0 amide bonds. The van der Waals surface area contributed by atoms with Gasteiger partial charge in [0.1, 0.15) is 0 Å². The number of hydrogen-bond acceptors (Lipinski definition) is 3. The third-order valence-electron chi connectivity index (χ3n) is 2.76. The van der Waals surface area contributed by atoms with Crippen LogP contribution in [0.3, 0.4) is 0 Å². The molecular formula is C8H16N2O. The zero-order valence-corrected chi connectivity index (χ0v) is 6.79. The molecule has 0 atom stereocenters. The Labute approximate surface area is 67.4 Å². The Morgan fingerprint density at radius 2 is 1.82 bits per heavy atom. The summed E-state index contributed by atoms with van der Waals surface area (Å²) in [7, 11) is 0. The normalized spacial score (nSPS) is 40.1. The van der Waals surface area contributed by atoms with Crippen LogP contribution in [-0.4, -0.2) is 48.3 Å². The summed E-state index contributed by atoms with van der Waals surface area (Å²) in [6.45, 7) is 4.56. The topological polar surface area (TPSA) is 35.5 Å². The highest BCUT2D eigenvalue weighted by Gasteiger charge is 2.32. The van der Waals surface area contributed by atoms with Gasteiger partial charge in [-0.3, -0.25) is 4.90 Å². The quantitative estimate of drug-likeness (QED) is 0.533. The number of rotatable bonds is 1. The van der Waals surface area contributed by atoms with E-state index in [1.165, 1.54) is 0 Å². The maximum Gasteiger partial charge on any atom is 0.0570 e. The Hall–Kier alpha value is -0.120. The molecule has 1 aliphatic heterocycles. The Balaban J connectivity index is 1.76. The van der Waals surface area contributed by atoms with Crippen molar-refractivity contribution in [2.24, 2.45) is 0 Å². The predicted molar refractivity (Wildman–Crippen MR) is 43.5 cm³/mol. The fourth-order valence-corrected chi connectivity index (χ4v) is 1.90. The lowest BCUT2D eigenvalue weighted by atomic mass is 9.88. The van der Waals surface area contributed by atoms with Gasteiger partial charge in [0.25, 0.3) is 0 Å². The van der Waals surface area contributed by atoms with Crippen LogP contribution in [0, 0.1) is 0 Å². The molecule has 64 valence electrons. The van der Waals surface area contributed by atoms with E-state index in [0.29, 0.717) is 6.04 Å². The first kappa shape index (κ1) is 7.53. The molecule has 2 N–H and O–H groups in total. The molecule has 1 heterocycles. The van der Waals surface area contributed by atoms with Gasteiger partial charge in [-0.05, 0) is 12.8 Å². The minimum absolute atomic E-state index is 0.00474. The van der Waals surface area contributed by atoms with E-state index in [0.717, 1.165) is 39.0 Å². The second kappa shape index (κ2) is 3.09. The molecular weight excluding hydrogens is 140 g/mol. The van der Waals surface area contributed by atoms with Crippen molar-refractivity contribution in [3.05, 3.63) is 0 Å². The summed E-state index contributed by atoms with van der Waals surface area (Å²) < 4.78 is 0. The molecule has 0 aromatic carbocycles. The van der Waals surface area contributed by atoms with Crippen LogP contribution in [-0.2, 0) is 0 Å². The molecule has 0 bridgehead atoms. The summed E-state index contributed by atoms with van der Waals surface area (Å²) in [5.74, 6) is 0. The largest absolute Gasteiger partial charge is 0.393 e. The van der Waals surface area contributed by atoms with Gasteiger partial charge in [0.15, 0.2) is 0 Å². The lowest BCUT2D eigenvalue weighted by Crippen LogP contribution is -2.54. The van der Waals surface area contributed by atoms with Crippen molar-refractivity contribution < 1.29 is 5.11 Å². The molecule has 1 saturated carbocycles. The van der Waals surface area contributed by atoms with E-state index in [1.54, 1.807) is 0 Å². The standard InChI is InChI=1S/C8H16N2O/c11-8-5-7(6-8)10-3-1-9-2-4-10/h7-9,11H,1-6H2/t7-,8+. The number of aliphatic hydroxyl groups excluding tert-OH is 1. The molecule has 11 heavy (non-hydrogen) atoms. The van der Waals surface area contributed by atoms with Crippen LogP contribution in [0.2, 0.25) is 0 Å². The molecule has 0 radical (unpaired) electrons. The van der Waals surface area contributed by atoms with Crippen LogP contribution < -0.4 is 5.32 Å². The summed E-state index contributed by atoms with van der Waals surface area (Å²) in [6, 6.07) is 0.687. The number of nitrogens with one attached hydrogen (secondary N) is 1. The molecule has 0 aromatic rings. The van der Waals surface area contributed by atoms with E-state index in [4.69, 9.17) is 5.11 Å².